The van der Waals surface area contributed by atoms with Gasteiger partial charge in [-0.15, -0.1) is 0 Å². The van der Waals surface area contributed by atoms with E-state index in [0.29, 0.717) is 25.7 Å². The molecule has 2 heterocycles. The van der Waals surface area contributed by atoms with Crippen LogP contribution < -0.4 is 15.9 Å². The second-order valence-corrected chi connectivity index (χ2v) is 8.23. The van der Waals surface area contributed by atoms with Crippen molar-refractivity contribution in [3.63, 3.8) is 0 Å². The first-order valence-electron chi connectivity index (χ1n) is 8.80. The van der Waals surface area contributed by atoms with Crippen LogP contribution in [0.1, 0.15) is 35.6 Å². The summed E-state index contributed by atoms with van der Waals surface area (Å²) < 4.78 is 8.00. The number of nitrogens with one attached hydrogen (secondary N) is 1. The number of nitriles is 1. The molecule has 146 valence electrons. The number of hydrogen-bond acceptors (Lipinski definition) is 5. The summed E-state index contributed by atoms with van der Waals surface area (Å²) in [5, 5.41) is 9.49. The number of pyridine rings is 1. The normalized spacial score (nSPS) is 13.1. The molecule has 0 amide bonds. The van der Waals surface area contributed by atoms with Gasteiger partial charge in [0.05, 0.1) is 33.9 Å². The Bertz CT molecular complexity index is 1260. The van der Waals surface area contributed by atoms with Crippen LogP contribution in [-0.2, 0) is 6.54 Å². The number of ether oxygens (including phenoxy) is 1. The maximum Gasteiger partial charge on any atom is 0.296 e. The predicted octanol–water partition coefficient (Wildman–Crippen LogP) is 3.78. The Morgan fingerprint density at radius 2 is 2.10 bits per heavy atom. The number of halogens is 2. The third-order valence-electron chi connectivity index (χ3n) is 4.50. The van der Waals surface area contributed by atoms with Crippen LogP contribution in [-0.4, -0.2) is 14.5 Å². The summed E-state index contributed by atoms with van der Waals surface area (Å²) in [4.78, 5) is 31.8. The number of benzene rings is 1. The van der Waals surface area contributed by atoms with Crippen molar-refractivity contribution < 1.29 is 4.74 Å². The minimum Gasteiger partial charge on any atom is -0.449 e. The van der Waals surface area contributed by atoms with Crippen LogP contribution in [0.4, 0.5) is 0 Å². The number of H-pyrrole nitrogens is 1. The van der Waals surface area contributed by atoms with Crippen LogP contribution >= 0.6 is 34.2 Å². The fourth-order valence-corrected chi connectivity index (χ4v) is 3.77. The zero-order valence-corrected chi connectivity index (χ0v) is 17.9. The lowest BCUT2D eigenvalue weighted by molar-refractivity contribution is 0.454. The van der Waals surface area contributed by atoms with Crippen molar-refractivity contribution >= 4 is 34.2 Å². The molecule has 29 heavy (non-hydrogen) atoms. The highest BCUT2D eigenvalue weighted by Crippen LogP contribution is 2.42. The Morgan fingerprint density at radius 3 is 2.79 bits per heavy atom. The predicted molar refractivity (Wildman–Crippen MR) is 116 cm³/mol. The third-order valence-corrected chi connectivity index (χ3v) is 5.68. The zero-order chi connectivity index (χ0) is 20.5. The minimum atomic E-state index is -0.331. The van der Waals surface area contributed by atoms with Crippen molar-refractivity contribution in [3.8, 4) is 17.6 Å². The van der Waals surface area contributed by atoms with E-state index >= 15 is 0 Å². The average Bonchev–Trinajstić information content (AvgIpc) is 3.51. The molecule has 0 spiro atoms. The Kier molecular flexibility index (Phi) is 5.43. The fraction of sp³-hybridized carbons (Fsp3) is 0.200. The summed E-state index contributed by atoms with van der Waals surface area (Å²) in [6.45, 7) is 0.237. The van der Waals surface area contributed by atoms with Crippen molar-refractivity contribution in [1.29, 1.82) is 5.26 Å². The summed E-state index contributed by atoms with van der Waals surface area (Å²) in [6.07, 6.45) is 3.40. The van der Waals surface area contributed by atoms with Gasteiger partial charge in [-0.3, -0.25) is 14.2 Å². The SMILES string of the molecule is N#Cc1cc(Cl)cc(Oc2c(C3CC3)ncn(Cc3ccc(=O)[nH]c3I)c2=O)c1. The molecule has 0 bridgehead atoms. The first-order valence-corrected chi connectivity index (χ1v) is 10.3. The fourth-order valence-electron chi connectivity index (χ4n) is 2.93. The lowest BCUT2D eigenvalue weighted by Gasteiger charge is -2.13. The molecule has 1 aromatic carbocycles. The monoisotopic (exact) mass is 520 g/mol. The molecule has 0 radical (unpaired) electrons. The van der Waals surface area contributed by atoms with Gasteiger partial charge in [0.25, 0.3) is 5.56 Å². The molecule has 1 fully saturated rings. The maximum absolute atomic E-state index is 13.2. The smallest absolute Gasteiger partial charge is 0.296 e. The van der Waals surface area contributed by atoms with Crippen LogP contribution in [0.15, 0.2) is 46.2 Å². The molecule has 9 heteroatoms. The highest BCUT2D eigenvalue weighted by molar-refractivity contribution is 14.1. The molecule has 0 atom stereocenters. The van der Waals surface area contributed by atoms with Crippen molar-refractivity contribution in [1.82, 2.24) is 14.5 Å². The van der Waals surface area contributed by atoms with Gasteiger partial charge < -0.3 is 9.72 Å². The van der Waals surface area contributed by atoms with Crippen LogP contribution in [0, 0.1) is 15.0 Å². The maximum atomic E-state index is 13.2. The topological polar surface area (TPSA) is 101 Å². The highest BCUT2D eigenvalue weighted by atomic mass is 127. The van der Waals surface area contributed by atoms with Crippen molar-refractivity contribution in [2.45, 2.75) is 25.3 Å². The van der Waals surface area contributed by atoms with Crippen LogP contribution in [0.3, 0.4) is 0 Å². The van der Waals surface area contributed by atoms with Crippen LogP contribution in [0.5, 0.6) is 11.5 Å². The van der Waals surface area contributed by atoms with Gasteiger partial charge in [-0.2, -0.15) is 5.26 Å². The molecule has 0 aliphatic heterocycles. The van der Waals surface area contributed by atoms with E-state index in [4.69, 9.17) is 21.6 Å². The largest absolute Gasteiger partial charge is 0.449 e. The molecule has 3 aromatic rings. The Hall–Kier alpha value is -2.64. The molecule has 4 rings (SSSR count). The number of hydrogen-bond donors (Lipinski definition) is 1. The molecule has 7 nitrogen and oxygen atoms in total. The van der Waals surface area contributed by atoms with Crippen LogP contribution in [0.2, 0.25) is 5.02 Å². The van der Waals surface area contributed by atoms with E-state index in [2.05, 4.69) is 9.97 Å². The molecular formula is C20H14ClIN4O3. The minimum absolute atomic E-state index is 0.139. The second-order valence-electron chi connectivity index (χ2n) is 6.72. The zero-order valence-electron chi connectivity index (χ0n) is 15.0. The molecule has 1 aliphatic carbocycles. The van der Waals surface area contributed by atoms with Crippen molar-refractivity contribution in [3.05, 3.63) is 82.9 Å². The standard InChI is InChI=1S/C20H14ClIN4O3/c21-14-5-11(8-23)6-15(7-14)29-18-17(12-1-2-12)24-10-26(20(18)28)9-13-3-4-16(27)25-19(13)22/h3-7,10,12H,1-2,9H2,(H,25,27). The quantitative estimate of drug-likeness (QED) is 0.408. The van der Waals surface area contributed by atoms with Crippen molar-refractivity contribution in [2.24, 2.45) is 0 Å². The van der Waals surface area contributed by atoms with E-state index in [1.54, 1.807) is 12.1 Å². The van der Waals surface area contributed by atoms with Gasteiger partial charge in [-0.1, -0.05) is 11.6 Å². The summed E-state index contributed by atoms with van der Waals surface area (Å²) in [6, 6.07) is 9.73. The first-order chi connectivity index (χ1) is 13.9. The van der Waals surface area contributed by atoms with Gasteiger partial charge >= 0.3 is 0 Å². The van der Waals surface area contributed by atoms with E-state index < -0.39 is 0 Å². The number of nitrogens with zero attached hydrogens (tertiary/aromatic N) is 3. The Morgan fingerprint density at radius 1 is 1.31 bits per heavy atom. The molecular weight excluding hydrogens is 507 g/mol. The van der Waals surface area contributed by atoms with Crippen molar-refractivity contribution in [2.75, 3.05) is 0 Å². The molecule has 1 saturated carbocycles. The van der Waals surface area contributed by atoms with E-state index in [1.807, 2.05) is 28.7 Å². The summed E-state index contributed by atoms with van der Waals surface area (Å²) >= 11 is 8.08. The first kappa shape index (κ1) is 19.7. The molecule has 2 aromatic heterocycles. The van der Waals surface area contributed by atoms with Gasteiger partial charge in [0.1, 0.15) is 5.75 Å². The van der Waals surface area contributed by atoms with Gasteiger partial charge in [0.2, 0.25) is 11.3 Å². The Labute approximate surface area is 184 Å². The lowest BCUT2D eigenvalue weighted by Crippen LogP contribution is -2.24. The van der Waals surface area contributed by atoms with Crippen LogP contribution in [0.25, 0.3) is 0 Å². The number of aromatic nitrogens is 3. The molecule has 0 saturated heterocycles. The van der Waals surface area contributed by atoms with E-state index in [-0.39, 0.29) is 29.3 Å². The lowest BCUT2D eigenvalue weighted by atomic mass is 10.2. The number of aromatic amines is 1. The van der Waals surface area contributed by atoms with E-state index in [0.717, 1.165) is 18.4 Å². The van der Waals surface area contributed by atoms with Gasteiger partial charge in [0.15, 0.2) is 0 Å². The van der Waals surface area contributed by atoms with Gasteiger partial charge in [-0.25, -0.2) is 4.98 Å². The second kappa shape index (κ2) is 8.00. The van der Waals surface area contributed by atoms with Gasteiger partial charge in [-0.05, 0) is 59.7 Å². The third kappa shape index (κ3) is 4.36. The summed E-state index contributed by atoms with van der Waals surface area (Å²) in [7, 11) is 0. The Balaban J connectivity index is 1.75. The molecule has 1 N–H and O–H groups in total. The average molecular weight is 521 g/mol. The summed E-state index contributed by atoms with van der Waals surface area (Å²) in [5.74, 6) is 0.641. The molecule has 1 aliphatic rings. The highest BCUT2D eigenvalue weighted by Gasteiger charge is 2.31. The molecule has 0 unspecified atom stereocenters. The van der Waals surface area contributed by atoms with E-state index in [1.165, 1.54) is 29.1 Å². The number of rotatable bonds is 5. The van der Waals surface area contributed by atoms with E-state index in [9.17, 15) is 9.59 Å². The summed E-state index contributed by atoms with van der Waals surface area (Å²) in [5.41, 5.74) is 1.20. The van der Waals surface area contributed by atoms with Gasteiger partial charge in [0, 0.05) is 22.6 Å².